The Kier molecular flexibility index (Phi) is 5.51. The van der Waals surface area contributed by atoms with Crippen molar-refractivity contribution in [1.29, 1.82) is 0 Å². The van der Waals surface area contributed by atoms with Crippen LogP contribution in [-0.2, 0) is 0 Å². The lowest BCUT2D eigenvalue weighted by Gasteiger charge is -2.36. The third kappa shape index (κ3) is 4.59. The third-order valence-electron chi connectivity index (χ3n) is 3.57. The second-order valence-corrected chi connectivity index (χ2v) is 5.92. The molecule has 118 valence electrons. The number of rotatable bonds is 4. The fraction of sp³-hybridized carbons (Fsp3) is 0.571. The highest BCUT2D eigenvalue weighted by molar-refractivity contribution is 9.10. The molecule has 1 atom stereocenters. The van der Waals surface area contributed by atoms with Crippen LogP contribution in [0.3, 0.4) is 0 Å². The van der Waals surface area contributed by atoms with Gasteiger partial charge in [0.2, 0.25) is 0 Å². The summed E-state index contributed by atoms with van der Waals surface area (Å²) in [4.78, 5) is 1.87. The summed E-state index contributed by atoms with van der Waals surface area (Å²) in [5, 5.41) is 3.16. The van der Waals surface area contributed by atoms with Crippen LogP contribution in [0.15, 0.2) is 22.7 Å². The molecule has 21 heavy (non-hydrogen) atoms. The number of piperazine rings is 1. The summed E-state index contributed by atoms with van der Waals surface area (Å²) in [6, 6.07) is 4.46. The van der Waals surface area contributed by atoms with Crippen LogP contribution >= 0.6 is 15.9 Å². The minimum Gasteiger partial charge on any atom is -0.496 e. The van der Waals surface area contributed by atoms with Crippen molar-refractivity contribution in [1.82, 2.24) is 10.2 Å². The van der Waals surface area contributed by atoms with Gasteiger partial charge in [-0.25, -0.2) is 0 Å². The fourth-order valence-corrected chi connectivity index (χ4v) is 2.99. The lowest BCUT2D eigenvalue weighted by atomic mass is 9.99. The number of ether oxygens (including phenoxy) is 1. The van der Waals surface area contributed by atoms with Crippen molar-refractivity contribution < 1.29 is 17.9 Å². The SMILES string of the molecule is COc1ccc(Br)cc1[C@H](CC(F)(F)F)N1CCNCC1. The Morgan fingerprint density at radius 1 is 1.33 bits per heavy atom. The van der Waals surface area contributed by atoms with Crippen molar-refractivity contribution in [2.24, 2.45) is 0 Å². The van der Waals surface area contributed by atoms with E-state index in [1.54, 1.807) is 18.2 Å². The topological polar surface area (TPSA) is 24.5 Å². The summed E-state index contributed by atoms with van der Waals surface area (Å²) in [6.45, 7) is 2.59. The summed E-state index contributed by atoms with van der Waals surface area (Å²) < 4.78 is 45.0. The molecule has 1 saturated heterocycles. The highest BCUT2D eigenvalue weighted by atomic mass is 79.9. The van der Waals surface area contributed by atoms with Crippen molar-refractivity contribution >= 4 is 15.9 Å². The van der Waals surface area contributed by atoms with Gasteiger partial charge in [0.15, 0.2) is 0 Å². The first-order valence-corrected chi connectivity index (χ1v) is 7.55. The molecular weight excluding hydrogens is 349 g/mol. The lowest BCUT2D eigenvalue weighted by molar-refractivity contribution is -0.148. The Morgan fingerprint density at radius 2 is 2.00 bits per heavy atom. The number of benzene rings is 1. The largest absolute Gasteiger partial charge is 0.496 e. The third-order valence-corrected chi connectivity index (χ3v) is 4.06. The summed E-state index contributed by atoms with van der Waals surface area (Å²) in [5.74, 6) is 0.492. The van der Waals surface area contributed by atoms with E-state index in [4.69, 9.17) is 4.74 Å². The van der Waals surface area contributed by atoms with E-state index in [0.717, 1.165) is 4.47 Å². The number of halogens is 4. The van der Waals surface area contributed by atoms with Crippen LogP contribution < -0.4 is 10.1 Å². The highest BCUT2D eigenvalue weighted by Crippen LogP contribution is 2.39. The average Bonchev–Trinajstić information content (AvgIpc) is 2.45. The van der Waals surface area contributed by atoms with Crippen molar-refractivity contribution in [2.45, 2.75) is 18.6 Å². The van der Waals surface area contributed by atoms with Crippen molar-refractivity contribution in [3.8, 4) is 5.75 Å². The van der Waals surface area contributed by atoms with Gasteiger partial charge in [0.25, 0.3) is 0 Å². The predicted octanol–water partition coefficient (Wildman–Crippen LogP) is 3.36. The van der Waals surface area contributed by atoms with E-state index < -0.39 is 18.6 Å². The number of hydrogen-bond donors (Lipinski definition) is 1. The van der Waals surface area contributed by atoms with Crippen molar-refractivity contribution in [2.75, 3.05) is 33.3 Å². The molecule has 1 N–H and O–H groups in total. The maximum Gasteiger partial charge on any atom is 0.390 e. The normalized spacial score (nSPS) is 18.5. The fourth-order valence-electron chi connectivity index (χ4n) is 2.61. The zero-order chi connectivity index (χ0) is 15.5. The standard InChI is InChI=1S/C14H18BrF3N2O/c1-21-13-3-2-10(15)8-11(13)12(9-14(16,17)18)20-6-4-19-5-7-20/h2-3,8,12,19H,4-7,9H2,1H3/t12-/m0/s1. The molecule has 3 nitrogen and oxygen atoms in total. The Balaban J connectivity index is 2.35. The molecule has 1 fully saturated rings. The average molecular weight is 367 g/mol. The zero-order valence-corrected chi connectivity index (χ0v) is 13.3. The Morgan fingerprint density at radius 3 is 2.57 bits per heavy atom. The first-order chi connectivity index (χ1) is 9.90. The van der Waals surface area contributed by atoms with Gasteiger partial charge in [-0.15, -0.1) is 0 Å². The molecule has 7 heteroatoms. The Hall–Kier alpha value is -0.790. The maximum absolute atomic E-state index is 13.0. The second-order valence-electron chi connectivity index (χ2n) is 5.01. The Labute approximate surface area is 130 Å². The van der Waals surface area contributed by atoms with Gasteiger partial charge in [0, 0.05) is 42.3 Å². The first-order valence-electron chi connectivity index (χ1n) is 6.75. The van der Waals surface area contributed by atoms with Gasteiger partial charge in [-0.05, 0) is 18.2 Å². The quantitative estimate of drug-likeness (QED) is 0.884. The molecule has 0 amide bonds. The number of methoxy groups -OCH3 is 1. The second kappa shape index (κ2) is 6.98. The summed E-state index contributed by atoms with van der Waals surface area (Å²) in [7, 11) is 1.48. The molecule has 1 aromatic carbocycles. The molecule has 1 aliphatic rings. The number of alkyl halides is 3. The van der Waals surface area contributed by atoms with Gasteiger partial charge >= 0.3 is 6.18 Å². The van der Waals surface area contributed by atoms with E-state index in [-0.39, 0.29) is 0 Å². The van der Waals surface area contributed by atoms with Crippen LogP contribution in [0.4, 0.5) is 13.2 Å². The van der Waals surface area contributed by atoms with Crippen LogP contribution in [0.2, 0.25) is 0 Å². The molecule has 1 heterocycles. The molecule has 0 aliphatic carbocycles. The van der Waals surface area contributed by atoms with E-state index >= 15 is 0 Å². The van der Waals surface area contributed by atoms with Gasteiger partial charge in [-0.3, -0.25) is 4.90 Å². The van der Waals surface area contributed by atoms with Gasteiger partial charge in [0.1, 0.15) is 5.75 Å². The molecule has 2 rings (SSSR count). The van der Waals surface area contributed by atoms with Crippen LogP contribution in [0, 0.1) is 0 Å². The van der Waals surface area contributed by atoms with Crippen LogP contribution in [0.1, 0.15) is 18.0 Å². The van der Waals surface area contributed by atoms with Crippen LogP contribution in [0.25, 0.3) is 0 Å². The van der Waals surface area contributed by atoms with Gasteiger partial charge in [-0.1, -0.05) is 15.9 Å². The summed E-state index contributed by atoms with van der Waals surface area (Å²) in [6.07, 6.45) is -5.09. The van der Waals surface area contributed by atoms with E-state index in [1.807, 2.05) is 4.90 Å². The Bertz CT molecular complexity index is 476. The first kappa shape index (κ1) is 16.6. The van der Waals surface area contributed by atoms with E-state index in [9.17, 15) is 13.2 Å². The molecule has 1 aliphatic heterocycles. The molecule has 1 aromatic rings. The number of nitrogens with one attached hydrogen (secondary N) is 1. The van der Waals surface area contributed by atoms with Gasteiger partial charge in [0.05, 0.1) is 13.5 Å². The van der Waals surface area contributed by atoms with Gasteiger partial charge in [-0.2, -0.15) is 13.2 Å². The summed E-state index contributed by atoms with van der Waals surface area (Å²) in [5.41, 5.74) is 0.575. The number of hydrogen-bond acceptors (Lipinski definition) is 3. The molecule has 0 spiro atoms. The predicted molar refractivity (Wildman–Crippen MR) is 78.5 cm³/mol. The van der Waals surface area contributed by atoms with Gasteiger partial charge < -0.3 is 10.1 Å². The lowest BCUT2D eigenvalue weighted by Crippen LogP contribution is -2.46. The summed E-state index contributed by atoms with van der Waals surface area (Å²) >= 11 is 3.33. The zero-order valence-electron chi connectivity index (χ0n) is 11.7. The highest BCUT2D eigenvalue weighted by Gasteiger charge is 2.37. The molecular formula is C14H18BrF3N2O. The smallest absolute Gasteiger partial charge is 0.390 e. The molecule has 0 bridgehead atoms. The van der Waals surface area contributed by atoms with E-state index in [1.165, 1.54) is 7.11 Å². The molecule has 0 aromatic heterocycles. The van der Waals surface area contributed by atoms with Crippen molar-refractivity contribution in [3.05, 3.63) is 28.2 Å². The molecule has 0 radical (unpaired) electrons. The monoisotopic (exact) mass is 366 g/mol. The maximum atomic E-state index is 13.0. The minimum atomic E-state index is -4.22. The van der Waals surface area contributed by atoms with Crippen molar-refractivity contribution in [3.63, 3.8) is 0 Å². The number of nitrogens with zero attached hydrogens (tertiary/aromatic N) is 1. The molecule has 0 saturated carbocycles. The minimum absolute atomic E-state index is 0.492. The van der Waals surface area contributed by atoms with Crippen LogP contribution in [0.5, 0.6) is 5.75 Å². The van der Waals surface area contributed by atoms with Crippen LogP contribution in [-0.4, -0.2) is 44.4 Å². The molecule has 0 unspecified atom stereocenters. The van der Waals surface area contributed by atoms with E-state index in [0.29, 0.717) is 37.5 Å². The van der Waals surface area contributed by atoms with E-state index in [2.05, 4.69) is 21.2 Å².